The maximum absolute atomic E-state index is 2.69. The molecule has 1 nitrogen and oxygen atoms in total. The molecule has 2 aliphatic heterocycles. The van der Waals surface area contributed by atoms with E-state index in [0.29, 0.717) is 16.3 Å². The first-order valence-corrected chi connectivity index (χ1v) is 8.38. The number of rotatable bonds is 0. The van der Waals surface area contributed by atoms with Crippen LogP contribution < -0.4 is 0 Å². The van der Waals surface area contributed by atoms with E-state index in [1.165, 1.54) is 51.4 Å². The molecule has 2 fully saturated rings. The molecule has 0 aliphatic carbocycles. The Kier molecular flexibility index (Phi) is 4.13. The molecule has 0 aromatic carbocycles. The molecule has 2 heteroatoms. The second-order valence-electron chi connectivity index (χ2n) is 9.30. The van der Waals surface area contributed by atoms with E-state index < -0.39 is 0 Å². The topological polar surface area (TPSA) is 3.24 Å². The van der Waals surface area contributed by atoms with Crippen molar-refractivity contribution in [2.45, 2.75) is 90.7 Å². The largest absolute Gasteiger partial charge is 0.298 e. The van der Waals surface area contributed by atoms with Crippen molar-refractivity contribution in [2.24, 2.45) is 5.41 Å². The molecule has 1 spiro atoms. The highest BCUT2D eigenvalue weighted by molar-refractivity contribution is 6.62. The highest BCUT2D eigenvalue weighted by Crippen LogP contribution is 2.49. The number of piperidine rings is 1. The molecule has 2 aliphatic rings. The van der Waals surface area contributed by atoms with E-state index >= 15 is 0 Å². The predicted octanol–water partition coefficient (Wildman–Crippen LogP) is 4.96. The second kappa shape index (κ2) is 5.09. The molecule has 0 bridgehead atoms. The molecule has 2 heterocycles. The monoisotopic (exact) mass is 263 g/mol. The van der Waals surface area contributed by atoms with Gasteiger partial charge in [0.2, 0.25) is 0 Å². The lowest BCUT2D eigenvalue weighted by molar-refractivity contribution is 0.0355. The van der Waals surface area contributed by atoms with Crippen molar-refractivity contribution >= 4 is 6.71 Å². The Hall–Kier alpha value is 0.0249. The van der Waals surface area contributed by atoms with E-state index in [1.54, 1.807) is 0 Å². The fourth-order valence-electron chi connectivity index (χ4n) is 4.25. The van der Waals surface area contributed by atoms with Crippen LogP contribution in [0.15, 0.2) is 0 Å². The van der Waals surface area contributed by atoms with Crippen molar-refractivity contribution in [1.29, 1.82) is 0 Å². The molecule has 2 rings (SSSR count). The van der Waals surface area contributed by atoms with Crippen molar-refractivity contribution in [1.82, 2.24) is 4.90 Å². The van der Waals surface area contributed by atoms with E-state index in [9.17, 15) is 0 Å². The van der Waals surface area contributed by atoms with E-state index in [2.05, 4.69) is 46.4 Å². The summed E-state index contributed by atoms with van der Waals surface area (Å²) in [5, 5.41) is 0.522. The summed E-state index contributed by atoms with van der Waals surface area (Å²) in [6, 6.07) is 0. The Morgan fingerprint density at radius 1 is 0.789 bits per heavy atom. The van der Waals surface area contributed by atoms with Crippen LogP contribution in [0.5, 0.6) is 0 Å². The van der Waals surface area contributed by atoms with Crippen LogP contribution in [-0.4, -0.2) is 30.2 Å². The molecular formula is C17H34BN. The Bertz CT molecular complexity index is 259. The molecule has 19 heavy (non-hydrogen) atoms. The summed E-state index contributed by atoms with van der Waals surface area (Å²) in [4.78, 5) is 2.69. The Morgan fingerprint density at radius 2 is 1.26 bits per heavy atom. The fourth-order valence-corrected chi connectivity index (χ4v) is 4.25. The summed E-state index contributed by atoms with van der Waals surface area (Å²) >= 11 is 0. The SMILES string of the molecule is CC(C)(C)B1CCC2(CC1)CCN(C(C)(C)C)CC2. The van der Waals surface area contributed by atoms with Gasteiger partial charge < -0.3 is 0 Å². The highest BCUT2D eigenvalue weighted by Gasteiger charge is 2.42. The predicted molar refractivity (Wildman–Crippen MR) is 87.3 cm³/mol. The van der Waals surface area contributed by atoms with Gasteiger partial charge in [-0.3, -0.25) is 4.90 Å². The summed E-state index contributed by atoms with van der Waals surface area (Å²) < 4.78 is 0. The van der Waals surface area contributed by atoms with Crippen LogP contribution in [0, 0.1) is 5.41 Å². The van der Waals surface area contributed by atoms with Crippen molar-refractivity contribution in [3.8, 4) is 0 Å². The number of likely N-dealkylation sites (tertiary alicyclic amines) is 1. The molecule has 0 radical (unpaired) electrons. The fraction of sp³-hybridized carbons (Fsp3) is 1.00. The van der Waals surface area contributed by atoms with Crippen molar-refractivity contribution < 1.29 is 0 Å². The van der Waals surface area contributed by atoms with Gasteiger partial charge in [0, 0.05) is 5.54 Å². The van der Waals surface area contributed by atoms with Crippen LogP contribution >= 0.6 is 0 Å². The van der Waals surface area contributed by atoms with E-state index in [4.69, 9.17) is 0 Å². The number of hydrogen-bond acceptors (Lipinski definition) is 1. The smallest absolute Gasteiger partial charge is 0.145 e. The quantitative estimate of drug-likeness (QED) is 0.558. The van der Waals surface area contributed by atoms with Crippen molar-refractivity contribution in [2.75, 3.05) is 13.1 Å². The zero-order chi connectivity index (χ0) is 14.3. The third kappa shape index (κ3) is 3.57. The van der Waals surface area contributed by atoms with Crippen LogP contribution in [-0.2, 0) is 0 Å². The molecule has 0 atom stereocenters. The standard InChI is InChI=1S/C17H34BN/c1-15(2,3)18-11-7-17(8-12-18)9-13-19(14-10-17)16(4,5)6/h7-14H2,1-6H3. The molecule has 110 valence electrons. The Morgan fingerprint density at radius 3 is 1.63 bits per heavy atom. The normalized spacial score (nSPS) is 25.9. The van der Waals surface area contributed by atoms with E-state index in [-0.39, 0.29) is 0 Å². The summed E-state index contributed by atoms with van der Waals surface area (Å²) in [5.41, 5.74) is 1.08. The first-order chi connectivity index (χ1) is 8.62. The lowest BCUT2D eigenvalue weighted by atomic mass is 9.27. The number of nitrogens with zero attached hydrogens (tertiary/aromatic N) is 1. The van der Waals surface area contributed by atoms with Crippen LogP contribution in [0.1, 0.15) is 67.2 Å². The molecule has 2 saturated heterocycles. The van der Waals surface area contributed by atoms with Gasteiger partial charge in [0.1, 0.15) is 6.71 Å². The van der Waals surface area contributed by atoms with Crippen LogP contribution in [0.25, 0.3) is 0 Å². The molecule has 0 aromatic heterocycles. The van der Waals surface area contributed by atoms with Crippen LogP contribution in [0.3, 0.4) is 0 Å². The lowest BCUT2D eigenvalue weighted by Crippen LogP contribution is -2.50. The lowest BCUT2D eigenvalue weighted by Gasteiger charge is -2.50. The van der Waals surface area contributed by atoms with Gasteiger partial charge in [0.25, 0.3) is 0 Å². The first-order valence-electron chi connectivity index (χ1n) is 8.38. The van der Waals surface area contributed by atoms with Gasteiger partial charge in [-0.1, -0.05) is 51.6 Å². The molecule has 0 N–H and O–H groups in total. The zero-order valence-corrected chi connectivity index (χ0v) is 14.2. The van der Waals surface area contributed by atoms with Crippen molar-refractivity contribution in [3.63, 3.8) is 0 Å². The third-order valence-electron chi connectivity index (χ3n) is 6.04. The maximum atomic E-state index is 2.69. The molecule has 0 aromatic rings. The average Bonchev–Trinajstić information content (AvgIpc) is 2.27. The molecule has 0 unspecified atom stereocenters. The van der Waals surface area contributed by atoms with Gasteiger partial charge in [0.15, 0.2) is 0 Å². The summed E-state index contributed by atoms with van der Waals surface area (Å²) in [6.07, 6.45) is 8.82. The van der Waals surface area contributed by atoms with Gasteiger partial charge in [0.05, 0.1) is 0 Å². The summed E-state index contributed by atoms with van der Waals surface area (Å²) in [5.74, 6) is 0. The molecule has 0 amide bonds. The van der Waals surface area contributed by atoms with Gasteiger partial charge in [-0.05, 0) is 52.1 Å². The Labute approximate surface area is 121 Å². The first kappa shape index (κ1) is 15.4. The number of hydrogen-bond donors (Lipinski definition) is 0. The average molecular weight is 263 g/mol. The second-order valence-corrected chi connectivity index (χ2v) is 9.30. The van der Waals surface area contributed by atoms with Gasteiger partial charge in [-0.2, -0.15) is 0 Å². The molecular weight excluding hydrogens is 229 g/mol. The van der Waals surface area contributed by atoms with Gasteiger partial charge in [-0.25, -0.2) is 0 Å². The molecule has 0 saturated carbocycles. The summed E-state index contributed by atoms with van der Waals surface area (Å²) in [6.45, 7) is 18.0. The van der Waals surface area contributed by atoms with E-state index in [1.807, 2.05) is 0 Å². The minimum absolute atomic E-state index is 0.365. The van der Waals surface area contributed by atoms with Crippen LogP contribution in [0.4, 0.5) is 0 Å². The third-order valence-corrected chi connectivity index (χ3v) is 6.04. The maximum Gasteiger partial charge on any atom is 0.145 e. The Balaban J connectivity index is 1.88. The highest BCUT2D eigenvalue weighted by atomic mass is 15.2. The zero-order valence-electron chi connectivity index (χ0n) is 14.2. The minimum Gasteiger partial charge on any atom is -0.298 e. The van der Waals surface area contributed by atoms with Crippen molar-refractivity contribution in [3.05, 3.63) is 0 Å². The van der Waals surface area contributed by atoms with E-state index in [0.717, 1.165) is 6.71 Å². The van der Waals surface area contributed by atoms with Crippen LogP contribution in [0.2, 0.25) is 18.0 Å². The van der Waals surface area contributed by atoms with Gasteiger partial charge in [-0.15, -0.1) is 0 Å². The summed E-state index contributed by atoms with van der Waals surface area (Å²) in [7, 11) is 0. The van der Waals surface area contributed by atoms with Gasteiger partial charge >= 0.3 is 0 Å². The minimum atomic E-state index is 0.365.